The van der Waals surface area contributed by atoms with Crippen molar-refractivity contribution < 1.29 is 14.3 Å². The van der Waals surface area contributed by atoms with E-state index in [4.69, 9.17) is 9.47 Å². The van der Waals surface area contributed by atoms with E-state index in [9.17, 15) is 4.79 Å². The summed E-state index contributed by atoms with van der Waals surface area (Å²) < 4.78 is 11.9. The van der Waals surface area contributed by atoms with Gasteiger partial charge >= 0.3 is 5.97 Å². The number of carbonyl (C=O) groups is 1. The SMILES string of the molecule is COC(=O)C1CC(C)(Oc2nccc3ccc(Br)cc23)CN1. The highest BCUT2D eigenvalue weighted by molar-refractivity contribution is 9.10. The molecule has 22 heavy (non-hydrogen) atoms. The fourth-order valence-electron chi connectivity index (χ4n) is 2.73. The zero-order valence-electron chi connectivity index (χ0n) is 12.4. The van der Waals surface area contributed by atoms with Crippen LogP contribution in [0.15, 0.2) is 34.9 Å². The number of nitrogens with zero attached hydrogens (tertiary/aromatic N) is 1. The first-order valence-electron chi connectivity index (χ1n) is 7.05. The molecule has 1 fully saturated rings. The number of carbonyl (C=O) groups excluding carboxylic acids is 1. The van der Waals surface area contributed by atoms with Crippen molar-refractivity contribution in [3.63, 3.8) is 0 Å². The Balaban J connectivity index is 1.87. The van der Waals surface area contributed by atoms with Crippen molar-refractivity contribution >= 4 is 32.7 Å². The van der Waals surface area contributed by atoms with Crippen LogP contribution in [0.1, 0.15) is 13.3 Å². The molecule has 0 amide bonds. The Labute approximate surface area is 137 Å². The summed E-state index contributed by atoms with van der Waals surface area (Å²) in [5.74, 6) is 0.314. The maximum atomic E-state index is 11.6. The molecule has 1 aromatic heterocycles. The fourth-order valence-corrected chi connectivity index (χ4v) is 3.09. The predicted molar refractivity (Wildman–Crippen MR) is 86.9 cm³/mol. The van der Waals surface area contributed by atoms with Crippen LogP contribution in [0.4, 0.5) is 0 Å². The summed E-state index contributed by atoms with van der Waals surface area (Å²) in [5, 5.41) is 5.15. The smallest absolute Gasteiger partial charge is 0.323 e. The molecular weight excluding hydrogens is 348 g/mol. The van der Waals surface area contributed by atoms with Crippen LogP contribution in [-0.4, -0.2) is 36.3 Å². The first-order chi connectivity index (χ1) is 10.5. The highest BCUT2D eigenvalue weighted by Crippen LogP contribution is 2.31. The lowest BCUT2D eigenvalue weighted by atomic mass is 10.0. The van der Waals surface area contributed by atoms with Crippen LogP contribution in [-0.2, 0) is 9.53 Å². The zero-order valence-corrected chi connectivity index (χ0v) is 14.0. The third kappa shape index (κ3) is 2.94. The molecule has 1 saturated heterocycles. The molecule has 1 N–H and O–H groups in total. The number of pyridine rings is 1. The van der Waals surface area contributed by atoms with Crippen molar-refractivity contribution in [1.82, 2.24) is 10.3 Å². The standard InChI is InChI=1S/C16H17BrN2O3/c1-16(8-13(19-9-16)15(20)21-2)22-14-12-7-11(17)4-3-10(12)5-6-18-14/h3-7,13,19H,8-9H2,1-2H3. The average molecular weight is 365 g/mol. The van der Waals surface area contributed by atoms with Crippen LogP contribution < -0.4 is 10.1 Å². The third-order valence-electron chi connectivity index (χ3n) is 3.88. The van der Waals surface area contributed by atoms with Crippen molar-refractivity contribution in [2.24, 2.45) is 0 Å². The average Bonchev–Trinajstić information content (AvgIpc) is 2.89. The second-order valence-electron chi connectivity index (χ2n) is 5.69. The summed E-state index contributed by atoms with van der Waals surface area (Å²) in [6, 6.07) is 7.60. The van der Waals surface area contributed by atoms with E-state index in [1.807, 2.05) is 31.2 Å². The molecule has 2 atom stereocenters. The molecule has 2 aromatic rings. The Hall–Kier alpha value is -1.66. The van der Waals surface area contributed by atoms with Crippen molar-refractivity contribution in [3.8, 4) is 5.88 Å². The lowest BCUT2D eigenvalue weighted by molar-refractivity contribution is -0.143. The van der Waals surface area contributed by atoms with Crippen LogP contribution >= 0.6 is 15.9 Å². The number of ether oxygens (including phenoxy) is 2. The number of fused-ring (bicyclic) bond motifs is 1. The van der Waals surface area contributed by atoms with Gasteiger partial charge in [-0.3, -0.25) is 4.79 Å². The maximum absolute atomic E-state index is 11.6. The number of hydrogen-bond donors (Lipinski definition) is 1. The number of benzene rings is 1. The van der Waals surface area contributed by atoms with Gasteiger partial charge in [0.15, 0.2) is 0 Å². The van der Waals surface area contributed by atoms with Gasteiger partial charge < -0.3 is 14.8 Å². The third-order valence-corrected chi connectivity index (χ3v) is 4.37. The molecule has 0 saturated carbocycles. The Morgan fingerprint density at radius 3 is 3.05 bits per heavy atom. The topological polar surface area (TPSA) is 60.5 Å². The van der Waals surface area contributed by atoms with Crippen molar-refractivity contribution in [2.75, 3.05) is 13.7 Å². The number of rotatable bonds is 3. The largest absolute Gasteiger partial charge is 0.469 e. The van der Waals surface area contributed by atoms with E-state index in [0.717, 1.165) is 15.2 Å². The molecule has 2 unspecified atom stereocenters. The second-order valence-corrected chi connectivity index (χ2v) is 6.61. The van der Waals surface area contributed by atoms with Crippen LogP contribution in [0.25, 0.3) is 10.8 Å². The molecule has 0 spiro atoms. The van der Waals surface area contributed by atoms with E-state index in [2.05, 4.69) is 26.2 Å². The molecule has 3 rings (SSSR count). The van der Waals surface area contributed by atoms with Gasteiger partial charge in [0.2, 0.25) is 5.88 Å². The van der Waals surface area contributed by atoms with E-state index < -0.39 is 5.60 Å². The Morgan fingerprint density at radius 2 is 2.27 bits per heavy atom. The molecule has 1 aliphatic rings. The summed E-state index contributed by atoms with van der Waals surface area (Å²) in [5.41, 5.74) is -0.498. The molecule has 1 aliphatic heterocycles. The minimum absolute atomic E-state index is 0.263. The lowest BCUT2D eigenvalue weighted by Gasteiger charge is -2.25. The second kappa shape index (κ2) is 5.85. The summed E-state index contributed by atoms with van der Waals surface area (Å²) in [7, 11) is 1.39. The number of esters is 1. The predicted octanol–water partition coefficient (Wildman–Crippen LogP) is 2.67. The van der Waals surface area contributed by atoms with E-state index in [1.54, 1.807) is 6.20 Å². The van der Waals surface area contributed by atoms with Gasteiger partial charge in [0, 0.05) is 29.0 Å². The molecule has 0 radical (unpaired) electrons. The molecule has 2 heterocycles. The van der Waals surface area contributed by atoms with Gasteiger partial charge in [-0.2, -0.15) is 0 Å². The highest BCUT2D eigenvalue weighted by Gasteiger charge is 2.41. The van der Waals surface area contributed by atoms with E-state index >= 15 is 0 Å². The minimum atomic E-state index is -0.498. The van der Waals surface area contributed by atoms with Crippen LogP contribution in [0, 0.1) is 0 Å². The van der Waals surface area contributed by atoms with Gasteiger partial charge in [-0.25, -0.2) is 4.98 Å². The van der Waals surface area contributed by atoms with Gasteiger partial charge in [-0.15, -0.1) is 0 Å². The molecule has 0 aliphatic carbocycles. The maximum Gasteiger partial charge on any atom is 0.323 e. The molecular formula is C16H17BrN2O3. The Morgan fingerprint density at radius 1 is 1.45 bits per heavy atom. The summed E-state index contributed by atoms with van der Waals surface area (Å²) >= 11 is 3.47. The Bertz CT molecular complexity index is 722. The van der Waals surface area contributed by atoms with E-state index in [1.165, 1.54) is 7.11 Å². The monoisotopic (exact) mass is 364 g/mol. The summed E-state index contributed by atoms with van der Waals surface area (Å²) in [4.78, 5) is 16.0. The van der Waals surface area contributed by atoms with Crippen molar-refractivity contribution in [1.29, 1.82) is 0 Å². The van der Waals surface area contributed by atoms with Crippen molar-refractivity contribution in [2.45, 2.75) is 25.0 Å². The number of nitrogens with one attached hydrogen (secondary N) is 1. The van der Waals surface area contributed by atoms with Gasteiger partial charge in [-0.05, 0) is 30.5 Å². The molecule has 5 nitrogen and oxygen atoms in total. The van der Waals surface area contributed by atoms with E-state index in [0.29, 0.717) is 18.8 Å². The van der Waals surface area contributed by atoms with Gasteiger partial charge in [0.1, 0.15) is 11.6 Å². The first-order valence-corrected chi connectivity index (χ1v) is 7.84. The minimum Gasteiger partial charge on any atom is -0.469 e. The van der Waals surface area contributed by atoms with Gasteiger partial charge in [0.05, 0.1) is 7.11 Å². The quantitative estimate of drug-likeness (QED) is 0.848. The zero-order chi connectivity index (χ0) is 15.7. The molecule has 116 valence electrons. The van der Waals surface area contributed by atoms with Crippen LogP contribution in [0.2, 0.25) is 0 Å². The number of methoxy groups -OCH3 is 1. The summed E-state index contributed by atoms with van der Waals surface area (Å²) in [6.45, 7) is 2.54. The van der Waals surface area contributed by atoms with Gasteiger partial charge in [0.25, 0.3) is 0 Å². The highest BCUT2D eigenvalue weighted by atomic mass is 79.9. The van der Waals surface area contributed by atoms with Crippen LogP contribution in [0.3, 0.4) is 0 Å². The molecule has 6 heteroatoms. The normalized spacial score (nSPS) is 24.4. The number of aromatic nitrogens is 1. The van der Waals surface area contributed by atoms with Crippen molar-refractivity contribution in [3.05, 3.63) is 34.9 Å². The van der Waals surface area contributed by atoms with Crippen LogP contribution in [0.5, 0.6) is 5.88 Å². The lowest BCUT2D eigenvalue weighted by Crippen LogP contribution is -2.34. The number of hydrogen-bond acceptors (Lipinski definition) is 5. The first kappa shape index (κ1) is 15.2. The summed E-state index contributed by atoms with van der Waals surface area (Å²) in [6.07, 6.45) is 2.28. The Kier molecular flexibility index (Phi) is 4.06. The molecule has 1 aromatic carbocycles. The number of halogens is 1. The molecule has 0 bridgehead atoms. The van der Waals surface area contributed by atoms with E-state index in [-0.39, 0.29) is 12.0 Å². The van der Waals surface area contributed by atoms with Gasteiger partial charge in [-0.1, -0.05) is 22.0 Å². The fraction of sp³-hybridized carbons (Fsp3) is 0.375.